The SMILES string of the molecule is CC(C)C1NC(C)N(C2CCS(=O)(=O)CC2)C1=O. The minimum absolute atomic E-state index is 0.00991. The van der Waals surface area contributed by atoms with Gasteiger partial charge in [-0.3, -0.25) is 10.1 Å². The third-order valence-electron chi connectivity index (χ3n) is 3.94. The maximum Gasteiger partial charge on any atom is 0.241 e. The molecule has 2 fully saturated rings. The standard InChI is InChI=1S/C12H22N2O3S/c1-8(2)11-12(15)14(9(3)13-11)10-4-6-18(16,17)7-5-10/h8-11,13H,4-7H2,1-3H3. The zero-order chi connectivity index (χ0) is 13.5. The van der Waals surface area contributed by atoms with E-state index in [1.165, 1.54) is 0 Å². The Kier molecular flexibility index (Phi) is 3.69. The van der Waals surface area contributed by atoms with Crippen LogP contribution in [0.1, 0.15) is 33.6 Å². The molecule has 0 radical (unpaired) electrons. The number of hydrogen-bond acceptors (Lipinski definition) is 4. The molecule has 2 aliphatic rings. The van der Waals surface area contributed by atoms with Gasteiger partial charge in [-0.05, 0) is 25.7 Å². The number of nitrogens with one attached hydrogen (secondary N) is 1. The molecule has 2 atom stereocenters. The Balaban J connectivity index is 2.08. The molecule has 0 aliphatic carbocycles. The lowest BCUT2D eigenvalue weighted by Crippen LogP contribution is -2.47. The van der Waals surface area contributed by atoms with Crippen LogP contribution in [0.15, 0.2) is 0 Å². The van der Waals surface area contributed by atoms with E-state index in [2.05, 4.69) is 5.32 Å². The van der Waals surface area contributed by atoms with Crippen LogP contribution >= 0.6 is 0 Å². The molecule has 0 saturated carbocycles. The highest BCUT2D eigenvalue weighted by atomic mass is 32.2. The first-order valence-electron chi connectivity index (χ1n) is 6.60. The van der Waals surface area contributed by atoms with Gasteiger partial charge in [0.25, 0.3) is 0 Å². The van der Waals surface area contributed by atoms with Gasteiger partial charge in [-0.15, -0.1) is 0 Å². The van der Waals surface area contributed by atoms with Crippen LogP contribution in [0.2, 0.25) is 0 Å². The maximum absolute atomic E-state index is 12.3. The van der Waals surface area contributed by atoms with Gasteiger partial charge >= 0.3 is 0 Å². The number of sulfone groups is 1. The third-order valence-corrected chi connectivity index (χ3v) is 5.66. The van der Waals surface area contributed by atoms with E-state index in [1.807, 2.05) is 25.7 Å². The summed E-state index contributed by atoms with van der Waals surface area (Å²) in [5, 5.41) is 3.30. The van der Waals surface area contributed by atoms with Crippen molar-refractivity contribution in [3.8, 4) is 0 Å². The molecular weight excluding hydrogens is 252 g/mol. The highest BCUT2D eigenvalue weighted by molar-refractivity contribution is 7.91. The Morgan fingerprint density at radius 1 is 1.28 bits per heavy atom. The van der Waals surface area contributed by atoms with Gasteiger partial charge in [0, 0.05) is 6.04 Å². The zero-order valence-electron chi connectivity index (χ0n) is 11.2. The van der Waals surface area contributed by atoms with Gasteiger partial charge in [-0.25, -0.2) is 8.42 Å². The summed E-state index contributed by atoms with van der Waals surface area (Å²) in [6.45, 7) is 6.03. The molecule has 2 rings (SSSR count). The van der Waals surface area contributed by atoms with Crippen LogP contribution in [0.3, 0.4) is 0 Å². The molecule has 5 nitrogen and oxygen atoms in total. The normalized spacial score (nSPS) is 33.3. The Morgan fingerprint density at radius 3 is 2.28 bits per heavy atom. The quantitative estimate of drug-likeness (QED) is 0.790. The highest BCUT2D eigenvalue weighted by Gasteiger charge is 2.42. The van der Waals surface area contributed by atoms with Gasteiger partial charge in [0.1, 0.15) is 9.84 Å². The molecule has 0 aromatic heterocycles. The molecule has 2 saturated heterocycles. The van der Waals surface area contributed by atoms with Crippen LogP contribution in [-0.2, 0) is 14.6 Å². The molecular formula is C12H22N2O3S. The van der Waals surface area contributed by atoms with Crippen LogP contribution in [0, 0.1) is 5.92 Å². The Bertz CT molecular complexity index is 419. The monoisotopic (exact) mass is 274 g/mol. The summed E-state index contributed by atoms with van der Waals surface area (Å²) >= 11 is 0. The lowest BCUT2D eigenvalue weighted by atomic mass is 10.0. The van der Waals surface area contributed by atoms with E-state index in [0.29, 0.717) is 12.8 Å². The van der Waals surface area contributed by atoms with Crippen molar-refractivity contribution in [3.63, 3.8) is 0 Å². The molecule has 1 amide bonds. The second-order valence-corrected chi connectivity index (χ2v) is 8.00. The molecule has 6 heteroatoms. The van der Waals surface area contributed by atoms with Crippen LogP contribution in [0.25, 0.3) is 0 Å². The van der Waals surface area contributed by atoms with Crippen LogP contribution < -0.4 is 5.32 Å². The first-order chi connectivity index (χ1) is 8.32. The molecule has 1 N–H and O–H groups in total. The summed E-state index contributed by atoms with van der Waals surface area (Å²) in [5.74, 6) is 0.806. The minimum atomic E-state index is -2.87. The van der Waals surface area contributed by atoms with Crippen molar-refractivity contribution < 1.29 is 13.2 Å². The maximum atomic E-state index is 12.3. The van der Waals surface area contributed by atoms with Gasteiger partial charge in [0.05, 0.1) is 23.7 Å². The molecule has 0 aromatic carbocycles. The fourth-order valence-electron chi connectivity index (χ4n) is 2.89. The van der Waals surface area contributed by atoms with E-state index in [4.69, 9.17) is 0 Å². The predicted molar refractivity (Wildman–Crippen MR) is 69.7 cm³/mol. The van der Waals surface area contributed by atoms with Gasteiger partial charge in [-0.2, -0.15) is 0 Å². The van der Waals surface area contributed by atoms with E-state index in [9.17, 15) is 13.2 Å². The number of carbonyl (C=O) groups excluding carboxylic acids is 1. The zero-order valence-corrected chi connectivity index (χ0v) is 12.0. The first kappa shape index (κ1) is 13.8. The van der Waals surface area contributed by atoms with Gasteiger partial charge in [0.15, 0.2) is 0 Å². The molecule has 18 heavy (non-hydrogen) atoms. The second kappa shape index (κ2) is 4.81. The minimum Gasteiger partial charge on any atom is -0.323 e. The lowest BCUT2D eigenvalue weighted by molar-refractivity contribution is -0.132. The fourth-order valence-corrected chi connectivity index (χ4v) is 4.36. The van der Waals surface area contributed by atoms with Crippen LogP contribution in [-0.4, -0.2) is 49.0 Å². The summed E-state index contributed by atoms with van der Waals surface area (Å²) in [6.07, 6.45) is 1.16. The molecule has 0 spiro atoms. The first-order valence-corrected chi connectivity index (χ1v) is 8.42. The van der Waals surface area contributed by atoms with E-state index in [1.54, 1.807) is 0 Å². The van der Waals surface area contributed by atoms with Crippen molar-refractivity contribution in [3.05, 3.63) is 0 Å². The number of nitrogens with zero attached hydrogens (tertiary/aromatic N) is 1. The summed E-state index contributed by atoms with van der Waals surface area (Å²) in [7, 11) is -2.87. The van der Waals surface area contributed by atoms with Crippen molar-refractivity contribution in [2.24, 2.45) is 5.92 Å². The smallest absolute Gasteiger partial charge is 0.241 e. The summed E-state index contributed by atoms with van der Waals surface area (Å²) in [4.78, 5) is 14.2. The number of hydrogen-bond donors (Lipinski definition) is 1. The average molecular weight is 274 g/mol. The molecule has 2 unspecified atom stereocenters. The van der Waals surface area contributed by atoms with Crippen LogP contribution in [0.5, 0.6) is 0 Å². The van der Waals surface area contributed by atoms with E-state index < -0.39 is 9.84 Å². The summed E-state index contributed by atoms with van der Waals surface area (Å²) in [5.41, 5.74) is 0. The molecule has 0 bridgehead atoms. The van der Waals surface area contributed by atoms with Gasteiger partial charge in [0.2, 0.25) is 5.91 Å². The Morgan fingerprint density at radius 2 is 1.83 bits per heavy atom. The fraction of sp³-hybridized carbons (Fsp3) is 0.917. The number of amides is 1. The van der Waals surface area contributed by atoms with E-state index >= 15 is 0 Å². The van der Waals surface area contributed by atoms with Crippen molar-refractivity contribution in [1.29, 1.82) is 0 Å². The summed E-state index contributed by atoms with van der Waals surface area (Å²) < 4.78 is 22.9. The largest absolute Gasteiger partial charge is 0.323 e. The molecule has 104 valence electrons. The lowest BCUT2D eigenvalue weighted by Gasteiger charge is -2.33. The predicted octanol–water partition coefficient (Wildman–Crippen LogP) is 0.366. The van der Waals surface area contributed by atoms with Gasteiger partial charge in [-0.1, -0.05) is 13.8 Å². The number of rotatable bonds is 2. The Labute approximate surface area is 109 Å². The van der Waals surface area contributed by atoms with E-state index in [-0.39, 0.29) is 41.6 Å². The topological polar surface area (TPSA) is 66.5 Å². The van der Waals surface area contributed by atoms with Crippen molar-refractivity contribution in [2.75, 3.05) is 11.5 Å². The molecule has 2 aliphatic heterocycles. The average Bonchev–Trinajstić information content (AvgIpc) is 2.56. The van der Waals surface area contributed by atoms with Crippen molar-refractivity contribution in [2.45, 2.75) is 51.9 Å². The molecule has 0 aromatic rings. The highest BCUT2D eigenvalue weighted by Crippen LogP contribution is 2.25. The van der Waals surface area contributed by atoms with E-state index in [0.717, 1.165) is 0 Å². The van der Waals surface area contributed by atoms with Crippen molar-refractivity contribution >= 4 is 15.7 Å². The molecule has 2 heterocycles. The van der Waals surface area contributed by atoms with Crippen LogP contribution in [0.4, 0.5) is 0 Å². The number of carbonyl (C=O) groups is 1. The van der Waals surface area contributed by atoms with Gasteiger partial charge < -0.3 is 4.90 Å². The Hall–Kier alpha value is -0.620. The third kappa shape index (κ3) is 2.54. The second-order valence-electron chi connectivity index (χ2n) is 5.69. The van der Waals surface area contributed by atoms with Crippen molar-refractivity contribution in [1.82, 2.24) is 10.2 Å². The summed E-state index contributed by atoms with van der Waals surface area (Å²) in [6, 6.07) is -0.0502.